The van der Waals surface area contributed by atoms with Crippen molar-refractivity contribution in [2.45, 2.75) is 13.8 Å². The van der Waals surface area contributed by atoms with Crippen molar-refractivity contribution in [3.8, 4) is 17.2 Å². The highest BCUT2D eigenvalue weighted by Crippen LogP contribution is 2.35. The molecule has 3 nitrogen and oxygen atoms in total. The number of nitrogens with two attached hydrogens (primary N) is 1. The number of para-hydroxylation sites is 1. The molecule has 2 rings (SSSR count). The van der Waals surface area contributed by atoms with E-state index < -0.39 is 5.82 Å². The third kappa shape index (κ3) is 4.36. The zero-order valence-electron chi connectivity index (χ0n) is 12.6. The summed E-state index contributed by atoms with van der Waals surface area (Å²) in [4.78, 5) is 0. The number of halogens is 2. The maximum Gasteiger partial charge on any atom is 0.204 e. The van der Waals surface area contributed by atoms with Gasteiger partial charge in [0.25, 0.3) is 0 Å². The zero-order chi connectivity index (χ0) is 16.2. The maximum absolute atomic E-state index is 14.1. The van der Waals surface area contributed by atoms with Gasteiger partial charge < -0.3 is 15.2 Å². The van der Waals surface area contributed by atoms with Gasteiger partial charge in [-0.3, -0.25) is 0 Å². The molecule has 0 aromatic heterocycles. The molecule has 0 saturated carbocycles. The molecule has 0 unspecified atom stereocenters. The summed E-state index contributed by atoms with van der Waals surface area (Å²) < 4.78 is 25.4. The molecule has 0 radical (unpaired) electrons. The predicted octanol–water partition coefficient (Wildman–Crippen LogP) is 4.64. The van der Waals surface area contributed by atoms with Crippen molar-refractivity contribution in [1.82, 2.24) is 0 Å². The van der Waals surface area contributed by atoms with E-state index in [-0.39, 0.29) is 11.2 Å². The molecule has 0 amide bonds. The minimum Gasteiger partial charge on any atom is -0.489 e. The fraction of sp³-hybridized carbons (Fsp3) is 0.294. The number of hydrogen-bond donors (Lipinski definition) is 1. The maximum atomic E-state index is 14.1. The van der Waals surface area contributed by atoms with Crippen LogP contribution >= 0.6 is 11.6 Å². The normalized spacial score (nSPS) is 11.3. The molecule has 118 valence electrons. The first-order valence-electron chi connectivity index (χ1n) is 6.96. The molecule has 0 aliphatic carbocycles. The first kappa shape index (κ1) is 16.6. The van der Waals surface area contributed by atoms with E-state index in [0.717, 1.165) is 0 Å². The molecule has 0 aliphatic heterocycles. The third-order valence-corrected chi connectivity index (χ3v) is 3.39. The molecular formula is C17H19ClFNO2. The van der Waals surface area contributed by atoms with Gasteiger partial charge in [0.2, 0.25) is 5.75 Å². The molecule has 0 atom stereocenters. The van der Waals surface area contributed by atoms with Gasteiger partial charge in [-0.2, -0.15) is 0 Å². The van der Waals surface area contributed by atoms with Crippen LogP contribution in [-0.2, 0) is 0 Å². The molecule has 0 heterocycles. The Kier molecular flexibility index (Phi) is 5.27. The van der Waals surface area contributed by atoms with Gasteiger partial charge in [0.1, 0.15) is 5.75 Å². The van der Waals surface area contributed by atoms with E-state index in [1.54, 1.807) is 36.4 Å². The molecule has 2 N–H and O–H groups in total. The molecule has 5 heteroatoms. The minimum atomic E-state index is -0.488. The summed E-state index contributed by atoms with van der Waals surface area (Å²) in [5, 5.41) is 0.585. The molecule has 0 spiro atoms. The quantitative estimate of drug-likeness (QED) is 0.842. The van der Waals surface area contributed by atoms with E-state index in [2.05, 4.69) is 0 Å². The van der Waals surface area contributed by atoms with Crippen LogP contribution in [-0.4, -0.2) is 13.2 Å². The number of hydrogen-bond acceptors (Lipinski definition) is 3. The van der Waals surface area contributed by atoms with Gasteiger partial charge in [0.05, 0.1) is 6.61 Å². The summed E-state index contributed by atoms with van der Waals surface area (Å²) in [6.45, 7) is 4.79. The molecule has 2 aromatic rings. The molecule has 0 fully saturated rings. The van der Waals surface area contributed by atoms with E-state index in [1.807, 2.05) is 13.8 Å². The molecular weight excluding hydrogens is 305 g/mol. The van der Waals surface area contributed by atoms with Gasteiger partial charge in [-0.15, -0.1) is 0 Å². The van der Waals surface area contributed by atoms with Gasteiger partial charge in [-0.25, -0.2) is 4.39 Å². The van der Waals surface area contributed by atoms with Crippen molar-refractivity contribution in [2.75, 3.05) is 13.2 Å². The van der Waals surface area contributed by atoms with Gasteiger partial charge in [-0.1, -0.05) is 31.5 Å². The lowest BCUT2D eigenvalue weighted by Crippen LogP contribution is -2.30. The highest BCUT2D eigenvalue weighted by atomic mass is 35.5. The standard InChI is InChI=1S/C17H19ClFNO2/c1-17(2,10-20)11-21-15-5-3-4-14(19)16(15)22-13-8-6-12(18)7-9-13/h3-9H,10-11,20H2,1-2H3. The van der Waals surface area contributed by atoms with Gasteiger partial charge in [0.15, 0.2) is 11.6 Å². The topological polar surface area (TPSA) is 44.5 Å². The fourth-order valence-electron chi connectivity index (χ4n) is 1.65. The lowest BCUT2D eigenvalue weighted by molar-refractivity contribution is 0.181. The Morgan fingerprint density at radius 1 is 1.14 bits per heavy atom. The van der Waals surface area contributed by atoms with Crippen LogP contribution in [0.3, 0.4) is 0 Å². The molecule has 0 aliphatic rings. The summed E-state index contributed by atoms with van der Waals surface area (Å²) in [7, 11) is 0. The molecule has 0 saturated heterocycles. The Morgan fingerprint density at radius 2 is 1.82 bits per heavy atom. The van der Waals surface area contributed by atoms with Crippen LogP contribution < -0.4 is 15.2 Å². The molecule has 2 aromatic carbocycles. The third-order valence-electron chi connectivity index (χ3n) is 3.14. The van der Waals surface area contributed by atoms with Crippen molar-refractivity contribution in [3.05, 3.63) is 53.3 Å². The van der Waals surface area contributed by atoms with Gasteiger partial charge >= 0.3 is 0 Å². The number of ether oxygens (including phenoxy) is 2. The second-order valence-electron chi connectivity index (χ2n) is 5.78. The Bertz CT molecular complexity index is 629. The molecule has 22 heavy (non-hydrogen) atoms. The highest BCUT2D eigenvalue weighted by molar-refractivity contribution is 6.30. The van der Waals surface area contributed by atoms with Crippen molar-refractivity contribution in [1.29, 1.82) is 0 Å². The van der Waals surface area contributed by atoms with Crippen LogP contribution in [0.25, 0.3) is 0 Å². The second kappa shape index (κ2) is 6.99. The minimum absolute atomic E-state index is 0.0534. The number of benzene rings is 2. The lowest BCUT2D eigenvalue weighted by Gasteiger charge is -2.23. The first-order valence-corrected chi connectivity index (χ1v) is 7.34. The zero-order valence-corrected chi connectivity index (χ0v) is 13.4. The van der Waals surface area contributed by atoms with Crippen molar-refractivity contribution in [3.63, 3.8) is 0 Å². The van der Waals surface area contributed by atoms with Crippen molar-refractivity contribution in [2.24, 2.45) is 11.1 Å². The smallest absolute Gasteiger partial charge is 0.204 e. The van der Waals surface area contributed by atoms with E-state index in [0.29, 0.717) is 29.7 Å². The van der Waals surface area contributed by atoms with E-state index in [4.69, 9.17) is 26.8 Å². The summed E-state index contributed by atoms with van der Waals surface area (Å²) in [5.74, 6) is 0.393. The van der Waals surface area contributed by atoms with E-state index in [9.17, 15) is 4.39 Å². The summed E-state index contributed by atoms with van der Waals surface area (Å²) in [6, 6.07) is 11.3. The fourth-order valence-corrected chi connectivity index (χ4v) is 1.78. The van der Waals surface area contributed by atoms with E-state index >= 15 is 0 Å². The summed E-state index contributed by atoms with van der Waals surface area (Å²) in [6.07, 6.45) is 0. The largest absolute Gasteiger partial charge is 0.489 e. The summed E-state index contributed by atoms with van der Waals surface area (Å²) >= 11 is 5.83. The Labute approximate surface area is 134 Å². The van der Waals surface area contributed by atoms with Crippen LogP contribution in [0, 0.1) is 11.2 Å². The summed E-state index contributed by atoms with van der Waals surface area (Å²) in [5.41, 5.74) is 5.47. The Morgan fingerprint density at radius 3 is 2.45 bits per heavy atom. The average molecular weight is 324 g/mol. The van der Waals surface area contributed by atoms with Crippen LogP contribution in [0.15, 0.2) is 42.5 Å². The van der Waals surface area contributed by atoms with E-state index in [1.165, 1.54) is 6.07 Å². The van der Waals surface area contributed by atoms with Gasteiger partial charge in [-0.05, 0) is 36.4 Å². The highest BCUT2D eigenvalue weighted by Gasteiger charge is 2.19. The predicted molar refractivity (Wildman–Crippen MR) is 86.3 cm³/mol. The van der Waals surface area contributed by atoms with Gasteiger partial charge in [0, 0.05) is 17.0 Å². The lowest BCUT2D eigenvalue weighted by atomic mass is 9.95. The van der Waals surface area contributed by atoms with Crippen LogP contribution in [0.4, 0.5) is 4.39 Å². The first-order chi connectivity index (χ1) is 10.4. The van der Waals surface area contributed by atoms with Crippen LogP contribution in [0.1, 0.15) is 13.8 Å². The Balaban J connectivity index is 2.21. The monoisotopic (exact) mass is 323 g/mol. The second-order valence-corrected chi connectivity index (χ2v) is 6.22. The van der Waals surface area contributed by atoms with Crippen molar-refractivity contribution >= 4 is 11.6 Å². The van der Waals surface area contributed by atoms with Crippen LogP contribution in [0.2, 0.25) is 5.02 Å². The average Bonchev–Trinajstić information content (AvgIpc) is 2.50. The van der Waals surface area contributed by atoms with Crippen LogP contribution in [0.5, 0.6) is 17.2 Å². The van der Waals surface area contributed by atoms with Crippen molar-refractivity contribution < 1.29 is 13.9 Å². The SMILES string of the molecule is CC(C)(CN)COc1cccc(F)c1Oc1ccc(Cl)cc1. The number of rotatable bonds is 6. The molecule has 0 bridgehead atoms. The Hall–Kier alpha value is -1.78.